The predicted molar refractivity (Wildman–Crippen MR) is 93.4 cm³/mol. The maximum absolute atomic E-state index is 13.7. The van der Waals surface area contributed by atoms with E-state index in [-0.39, 0.29) is 17.2 Å². The molecule has 0 fully saturated rings. The minimum absolute atomic E-state index is 0.213. The van der Waals surface area contributed by atoms with Gasteiger partial charge in [-0.25, -0.2) is 4.39 Å². The van der Waals surface area contributed by atoms with Crippen LogP contribution >= 0.6 is 0 Å². The van der Waals surface area contributed by atoms with Gasteiger partial charge >= 0.3 is 0 Å². The summed E-state index contributed by atoms with van der Waals surface area (Å²) in [6.45, 7) is 3.96. The molecule has 4 heteroatoms. The van der Waals surface area contributed by atoms with Crippen molar-refractivity contribution in [3.8, 4) is 0 Å². The summed E-state index contributed by atoms with van der Waals surface area (Å²) in [7, 11) is 0. The van der Waals surface area contributed by atoms with E-state index in [1.165, 1.54) is 12.3 Å². The number of hydrogen-bond acceptors (Lipinski definition) is 2. The number of carbonyl (C=O) groups is 1. The molecular formula is C20H19FN2O. The third kappa shape index (κ3) is 3.59. The lowest BCUT2D eigenvalue weighted by Gasteiger charge is -2.26. The Morgan fingerprint density at radius 2 is 1.88 bits per heavy atom. The molecule has 1 amide bonds. The van der Waals surface area contributed by atoms with E-state index in [1.807, 2.05) is 44.2 Å². The van der Waals surface area contributed by atoms with E-state index in [2.05, 4.69) is 10.3 Å². The second-order valence-corrected chi connectivity index (χ2v) is 6.54. The number of rotatable bonds is 4. The first kappa shape index (κ1) is 16.1. The first-order valence-corrected chi connectivity index (χ1v) is 7.85. The minimum atomic E-state index is -0.407. The highest BCUT2D eigenvalue weighted by atomic mass is 19.1. The molecule has 0 aliphatic carbocycles. The molecule has 1 heterocycles. The fourth-order valence-electron chi connectivity index (χ4n) is 2.78. The molecule has 3 nitrogen and oxygen atoms in total. The van der Waals surface area contributed by atoms with Gasteiger partial charge in [-0.2, -0.15) is 0 Å². The van der Waals surface area contributed by atoms with Crippen molar-refractivity contribution in [2.75, 3.05) is 0 Å². The topological polar surface area (TPSA) is 42.0 Å². The van der Waals surface area contributed by atoms with E-state index in [0.29, 0.717) is 10.9 Å². The van der Waals surface area contributed by atoms with Gasteiger partial charge in [0.2, 0.25) is 0 Å². The molecule has 0 unspecified atom stereocenters. The van der Waals surface area contributed by atoms with Crippen LogP contribution in [0.25, 0.3) is 10.9 Å². The highest BCUT2D eigenvalue weighted by molar-refractivity contribution is 5.97. The van der Waals surface area contributed by atoms with E-state index in [9.17, 15) is 9.18 Å². The highest BCUT2D eigenvalue weighted by Crippen LogP contribution is 2.18. The van der Waals surface area contributed by atoms with Crippen LogP contribution < -0.4 is 5.32 Å². The molecule has 1 aromatic heterocycles. The average Bonchev–Trinajstić information content (AvgIpc) is 2.54. The van der Waals surface area contributed by atoms with Gasteiger partial charge in [0.05, 0.1) is 5.56 Å². The molecule has 3 rings (SSSR count). The Morgan fingerprint density at radius 3 is 2.62 bits per heavy atom. The molecule has 0 saturated carbocycles. The lowest BCUT2D eigenvalue weighted by atomic mass is 9.94. The Kier molecular flexibility index (Phi) is 4.30. The number of fused-ring (bicyclic) bond motifs is 1. The van der Waals surface area contributed by atoms with Gasteiger partial charge in [0, 0.05) is 17.1 Å². The first-order chi connectivity index (χ1) is 11.4. The van der Waals surface area contributed by atoms with Gasteiger partial charge in [0.15, 0.2) is 0 Å². The summed E-state index contributed by atoms with van der Waals surface area (Å²) in [4.78, 5) is 16.6. The van der Waals surface area contributed by atoms with Crippen LogP contribution in [-0.4, -0.2) is 16.4 Å². The fourth-order valence-corrected chi connectivity index (χ4v) is 2.78. The minimum Gasteiger partial charge on any atom is -0.347 e. The summed E-state index contributed by atoms with van der Waals surface area (Å²) >= 11 is 0. The van der Waals surface area contributed by atoms with E-state index in [4.69, 9.17) is 0 Å². The lowest BCUT2D eigenvalue weighted by molar-refractivity contribution is 0.0913. The summed E-state index contributed by atoms with van der Waals surface area (Å²) in [5, 5.41) is 3.64. The second kappa shape index (κ2) is 6.40. The number of nitrogens with one attached hydrogen (secondary N) is 1. The van der Waals surface area contributed by atoms with Crippen LogP contribution in [0.1, 0.15) is 29.8 Å². The van der Waals surface area contributed by atoms with Gasteiger partial charge in [0.25, 0.3) is 5.91 Å². The standard InChI is InChI=1S/C20H19FN2O/c1-20(2,12-14-7-4-3-5-8-14)23-19(24)16-11-15-9-6-10-17(21)18(15)22-13-16/h3-11,13H,12H2,1-2H3,(H,23,24). The zero-order valence-corrected chi connectivity index (χ0v) is 13.7. The van der Waals surface area contributed by atoms with Crippen LogP contribution in [0.5, 0.6) is 0 Å². The summed E-state index contributed by atoms with van der Waals surface area (Å²) < 4.78 is 13.7. The van der Waals surface area contributed by atoms with Crippen LogP contribution in [0.2, 0.25) is 0 Å². The van der Waals surface area contributed by atoms with E-state index in [0.717, 1.165) is 12.0 Å². The Labute approximate surface area is 140 Å². The third-order valence-electron chi connectivity index (χ3n) is 3.86. The van der Waals surface area contributed by atoms with Crippen molar-refractivity contribution < 1.29 is 9.18 Å². The smallest absolute Gasteiger partial charge is 0.253 e. The molecule has 0 aliphatic rings. The van der Waals surface area contributed by atoms with Crippen LogP contribution in [-0.2, 0) is 6.42 Å². The maximum atomic E-state index is 13.7. The van der Waals surface area contributed by atoms with Crippen molar-refractivity contribution in [2.24, 2.45) is 0 Å². The van der Waals surface area contributed by atoms with Crippen LogP contribution in [0.4, 0.5) is 4.39 Å². The van der Waals surface area contributed by atoms with Gasteiger partial charge in [-0.3, -0.25) is 9.78 Å². The summed E-state index contributed by atoms with van der Waals surface area (Å²) in [5.41, 5.74) is 1.45. The normalized spacial score (nSPS) is 11.5. The monoisotopic (exact) mass is 322 g/mol. The molecular weight excluding hydrogens is 303 g/mol. The molecule has 0 radical (unpaired) electrons. The van der Waals surface area contributed by atoms with Crippen molar-refractivity contribution >= 4 is 16.8 Å². The molecule has 0 bridgehead atoms. The van der Waals surface area contributed by atoms with Crippen molar-refractivity contribution in [2.45, 2.75) is 25.8 Å². The number of pyridine rings is 1. The summed E-state index contributed by atoms with van der Waals surface area (Å²) in [5.74, 6) is -0.599. The largest absolute Gasteiger partial charge is 0.347 e. The van der Waals surface area contributed by atoms with E-state index < -0.39 is 5.54 Å². The van der Waals surface area contributed by atoms with E-state index in [1.54, 1.807) is 18.2 Å². The van der Waals surface area contributed by atoms with Crippen molar-refractivity contribution in [1.29, 1.82) is 0 Å². The molecule has 2 aromatic carbocycles. The molecule has 0 atom stereocenters. The Morgan fingerprint density at radius 1 is 1.12 bits per heavy atom. The zero-order valence-electron chi connectivity index (χ0n) is 13.7. The van der Waals surface area contributed by atoms with Crippen LogP contribution in [0, 0.1) is 5.82 Å². The maximum Gasteiger partial charge on any atom is 0.253 e. The number of carbonyl (C=O) groups excluding carboxylic acids is 1. The van der Waals surface area contributed by atoms with Gasteiger partial charge in [-0.05, 0) is 38.0 Å². The van der Waals surface area contributed by atoms with Crippen molar-refractivity contribution in [3.05, 3.63) is 77.7 Å². The molecule has 0 saturated heterocycles. The van der Waals surface area contributed by atoms with Crippen LogP contribution in [0.15, 0.2) is 60.8 Å². The lowest BCUT2D eigenvalue weighted by Crippen LogP contribution is -2.45. The fraction of sp³-hybridized carbons (Fsp3) is 0.200. The SMILES string of the molecule is CC(C)(Cc1ccccc1)NC(=O)c1cnc2c(F)cccc2c1. The first-order valence-electron chi connectivity index (χ1n) is 7.85. The molecule has 3 aromatic rings. The van der Waals surface area contributed by atoms with Gasteiger partial charge in [0.1, 0.15) is 11.3 Å². The number of nitrogens with zero attached hydrogens (tertiary/aromatic N) is 1. The molecule has 0 spiro atoms. The molecule has 1 N–H and O–H groups in total. The summed E-state index contributed by atoms with van der Waals surface area (Å²) in [6, 6.07) is 16.4. The van der Waals surface area contributed by atoms with Crippen LogP contribution in [0.3, 0.4) is 0 Å². The van der Waals surface area contributed by atoms with Gasteiger partial charge in [-0.15, -0.1) is 0 Å². The Balaban J connectivity index is 1.79. The Bertz CT molecular complexity index is 875. The molecule has 122 valence electrons. The van der Waals surface area contributed by atoms with E-state index >= 15 is 0 Å². The number of halogens is 1. The Hall–Kier alpha value is -2.75. The third-order valence-corrected chi connectivity index (χ3v) is 3.86. The highest BCUT2D eigenvalue weighted by Gasteiger charge is 2.22. The quantitative estimate of drug-likeness (QED) is 0.785. The van der Waals surface area contributed by atoms with Gasteiger partial charge < -0.3 is 5.32 Å². The molecule has 24 heavy (non-hydrogen) atoms. The molecule has 0 aliphatic heterocycles. The van der Waals surface area contributed by atoms with Crippen molar-refractivity contribution in [3.63, 3.8) is 0 Å². The average molecular weight is 322 g/mol. The predicted octanol–water partition coefficient (Wildman–Crippen LogP) is 4.13. The second-order valence-electron chi connectivity index (χ2n) is 6.54. The van der Waals surface area contributed by atoms with Gasteiger partial charge in [-0.1, -0.05) is 42.5 Å². The zero-order chi connectivity index (χ0) is 17.2. The number of para-hydroxylation sites is 1. The van der Waals surface area contributed by atoms with Crippen molar-refractivity contribution in [1.82, 2.24) is 10.3 Å². The number of aromatic nitrogens is 1. The number of hydrogen-bond donors (Lipinski definition) is 1. The number of benzene rings is 2. The number of amides is 1. The summed E-state index contributed by atoms with van der Waals surface area (Å²) in [6.07, 6.45) is 2.13.